The van der Waals surface area contributed by atoms with Crippen molar-refractivity contribution in [2.75, 3.05) is 36.1 Å². The van der Waals surface area contributed by atoms with Crippen molar-refractivity contribution in [2.24, 2.45) is 0 Å². The van der Waals surface area contributed by atoms with Crippen molar-refractivity contribution in [2.45, 2.75) is 52.4 Å². The monoisotopic (exact) mass is 680 g/mol. The highest BCUT2D eigenvalue weighted by Crippen LogP contribution is 2.46. The first kappa shape index (κ1) is 35.3. The molecular formula is C38H40N4O8. The van der Waals surface area contributed by atoms with E-state index in [9.17, 15) is 19.2 Å². The zero-order valence-corrected chi connectivity index (χ0v) is 28.0. The second-order valence-electron chi connectivity index (χ2n) is 11.9. The molecule has 12 heteroatoms. The van der Waals surface area contributed by atoms with E-state index >= 15 is 0 Å². The number of carbonyl (C=O) groups excluding carboxylic acids is 4. The molecule has 0 atom stereocenters. The molecule has 8 N–H and O–H groups in total. The number of rotatable bonds is 14. The van der Waals surface area contributed by atoms with E-state index in [1.54, 1.807) is 48.5 Å². The molecule has 0 bridgehead atoms. The summed E-state index contributed by atoms with van der Waals surface area (Å²) in [5.74, 6) is -1.57. The third-order valence-electron chi connectivity index (χ3n) is 8.23. The van der Waals surface area contributed by atoms with Crippen LogP contribution in [0.3, 0.4) is 0 Å². The Morgan fingerprint density at radius 2 is 0.900 bits per heavy atom. The number of ether oxygens (including phenoxy) is 4. The lowest BCUT2D eigenvalue weighted by molar-refractivity contribution is 0.0489. The van der Waals surface area contributed by atoms with Crippen molar-refractivity contribution in [1.29, 1.82) is 0 Å². The molecule has 12 nitrogen and oxygen atoms in total. The van der Waals surface area contributed by atoms with Crippen LogP contribution in [0.25, 0.3) is 0 Å². The van der Waals surface area contributed by atoms with Crippen LogP contribution in [0.2, 0.25) is 0 Å². The highest BCUT2D eigenvalue weighted by molar-refractivity contribution is 6.35. The highest BCUT2D eigenvalue weighted by atomic mass is 16.5. The zero-order valence-electron chi connectivity index (χ0n) is 28.0. The molecule has 1 aliphatic carbocycles. The van der Waals surface area contributed by atoms with Gasteiger partial charge in [0.25, 0.3) is 0 Å². The molecular weight excluding hydrogens is 640 g/mol. The number of carbonyl (C=O) groups is 4. The molecule has 0 unspecified atom stereocenters. The number of fused-ring (bicyclic) bond motifs is 2. The van der Waals surface area contributed by atoms with E-state index < -0.39 is 23.5 Å². The van der Waals surface area contributed by atoms with Crippen LogP contribution < -0.4 is 32.4 Å². The molecule has 0 amide bonds. The van der Waals surface area contributed by atoms with E-state index in [1.165, 1.54) is 12.1 Å². The van der Waals surface area contributed by atoms with Crippen molar-refractivity contribution in [1.82, 2.24) is 0 Å². The Morgan fingerprint density at radius 1 is 0.540 bits per heavy atom. The van der Waals surface area contributed by atoms with Crippen LogP contribution in [0.15, 0.2) is 60.7 Å². The molecule has 0 fully saturated rings. The number of hydrogen-bond donors (Lipinski definition) is 4. The lowest BCUT2D eigenvalue weighted by Gasteiger charge is -2.25. The summed E-state index contributed by atoms with van der Waals surface area (Å²) in [6.07, 6.45) is 5.54. The Kier molecular flexibility index (Phi) is 10.9. The molecule has 0 saturated carbocycles. The summed E-state index contributed by atoms with van der Waals surface area (Å²) in [4.78, 5) is 52.5. The smallest absolute Gasteiger partial charge is 0.338 e. The molecule has 0 saturated heterocycles. The zero-order chi connectivity index (χ0) is 35.9. The van der Waals surface area contributed by atoms with E-state index in [1.807, 2.05) is 0 Å². The van der Waals surface area contributed by atoms with Crippen molar-refractivity contribution < 1.29 is 38.1 Å². The summed E-state index contributed by atoms with van der Waals surface area (Å²) < 4.78 is 22.5. The van der Waals surface area contributed by atoms with Crippen LogP contribution in [0.1, 0.15) is 105 Å². The largest absolute Gasteiger partial charge is 0.462 e. The molecule has 50 heavy (non-hydrogen) atoms. The number of unbranched alkanes of at least 4 members (excludes halogenated alkanes) is 4. The first-order valence-electron chi connectivity index (χ1n) is 16.5. The number of nitrogen functional groups attached to an aromatic ring is 4. The maximum absolute atomic E-state index is 13.9. The second-order valence-corrected chi connectivity index (χ2v) is 11.9. The molecule has 0 radical (unpaired) electrons. The maximum atomic E-state index is 13.9. The van der Waals surface area contributed by atoms with Gasteiger partial charge in [-0.15, -0.1) is 0 Å². The summed E-state index contributed by atoms with van der Waals surface area (Å²) in [7, 11) is 0. The third kappa shape index (κ3) is 7.34. The molecule has 4 aromatic rings. The van der Waals surface area contributed by atoms with Gasteiger partial charge in [0.15, 0.2) is 23.1 Å². The number of benzene rings is 4. The van der Waals surface area contributed by atoms with Gasteiger partial charge in [0.1, 0.15) is 11.5 Å². The number of hydrogen-bond acceptors (Lipinski definition) is 12. The topological polar surface area (TPSA) is 209 Å². The minimum absolute atomic E-state index is 0.0283. The average molecular weight is 681 g/mol. The first-order valence-corrected chi connectivity index (χ1v) is 16.5. The molecule has 260 valence electrons. The molecule has 5 rings (SSSR count). The van der Waals surface area contributed by atoms with Gasteiger partial charge in [-0.25, -0.2) is 9.59 Å². The van der Waals surface area contributed by atoms with Gasteiger partial charge in [0.2, 0.25) is 0 Å². The van der Waals surface area contributed by atoms with Gasteiger partial charge in [-0.3, -0.25) is 9.59 Å². The van der Waals surface area contributed by atoms with Gasteiger partial charge >= 0.3 is 11.9 Å². The standard InChI is InChI=1S/C38H40N4O8/c1-3-5-7-17-47-37(45)21-9-13-23(14-10-21)49-27-19-25(39)29-31(33(27)41)35(43)30-26(40)20-28(34(42)32(30)36(29)44)50-24-15-11-22(12-16-24)38(46)48-18-8-6-4-2/h9-16,19-20H,3-8,17-18,39-42H2,1-2H3. The maximum Gasteiger partial charge on any atom is 0.338 e. The predicted molar refractivity (Wildman–Crippen MR) is 190 cm³/mol. The van der Waals surface area contributed by atoms with Crippen LogP contribution in [-0.4, -0.2) is 36.7 Å². The fourth-order valence-electron chi connectivity index (χ4n) is 5.54. The fraction of sp³-hybridized carbons (Fsp3) is 0.263. The SMILES string of the molecule is CCCCCOC(=O)c1ccc(Oc2cc(N)c3c(c2N)C(=O)c2c(N)cc(Oc4ccc(C(=O)OCCCCC)cc4)c(N)c2C3=O)cc1. The Balaban J connectivity index is 1.36. The van der Waals surface area contributed by atoms with E-state index in [-0.39, 0.29) is 56.5 Å². The number of ketones is 2. The van der Waals surface area contributed by atoms with Crippen LogP contribution in [0.5, 0.6) is 23.0 Å². The van der Waals surface area contributed by atoms with Gasteiger partial charge in [0.05, 0.1) is 58.0 Å². The Morgan fingerprint density at radius 3 is 1.24 bits per heavy atom. The van der Waals surface area contributed by atoms with E-state index in [4.69, 9.17) is 41.9 Å². The van der Waals surface area contributed by atoms with Gasteiger partial charge in [-0.2, -0.15) is 0 Å². The summed E-state index contributed by atoms with van der Waals surface area (Å²) >= 11 is 0. The van der Waals surface area contributed by atoms with Crippen LogP contribution in [0.4, 0.5) is 22.7 Å². The molecule has 0 spiro atoms. The quantitative estimate of drug-likeness (QED) is 0.0527. The van der Waals surface area contributed by atoms with Crippen molar-refractivity contribution in [3.63, 3.8) is 0 Å². The minimum atomic E-state index is -0.664. The first-order chi connectivity index (χ1) is 24.0. The van der Waals surface area contributed by atoms with E-state index in [0.29, 0.717) is 35.8 Å². The van der Waals surface area contributed by atoms with Crippen molar-refractivity contribution in [3.8, 4) is 23.0 Å². The normalized spacial score (nSPS) is 11.8. The number of esters is 2. The van der Waals surface area contributed by atoms with Crippen molar-refractivity contribution in [3.05, 3.63) is 94.0 Å². The molecule has 0 aliphatic heterocycles. The summed E-state index contributed by atoms with van der Waals surface area (Å²) in [6.45, 7) is 4.80. The summed E-state index contributed by atoms with van der Waals surface area (Å²) in [5, 5.41) is 0. The van der Waals surface area contributed by atoms with Gasteiger partial charge in [-0.1, -0.05) is 39.5 Å². The average Bonchev–Trinajstić information content (AvgIpc) is 3.10. The minimum Gasteiger partial charge on any atom is -0.462 e. The Hall–Kier alpha value is -6.04. The molecule has 1 aliphatic rings. The Bertz CT molecular complexity index is 1800. The van der Waals surface area contributed by atoms with Crippen LogP contribution in [-0.2, 0) is 9.47 Å². The third-order valence-corrected chi connectivity index (χ3v) is 8.23. The molecule has 4 aromatic carbocycles. The lowest BCUT2D eigenvalue weighted by atomic mass is 9.80. The number of anilines is 4. The Labute approximate surface area is 289 Å². The van der Waals surface area contributed by atoms with Crippen LogP contribution >= 0.6 is 0 Å². The van der Waals surface area contributed by atoms with Gasteiger partial charge < -0.3 is 41.9 Å². The second kappa shape index (κ2) is 15.5. The predicted octanol–water partition coefficient (Wildman–Crippen LogP) is 7.07. The fourth-order valence-corrected chi connectivity index (χ4v) is 5.54. The lowest BCUT2D eigenvalue weighted by Crippen LogP contribution is -2.26. The highest BCUT2D eigenvalue weighted by Gasteiger charge is 2.38. The molecule has 0 heterocycles. The summed E-state index contributed by atoms with van der Waals surface area (Å²) in [6, 6.07) is 15.1. The van der Waals surface area contributed by atoms with Gasteiger partial charge in [-0.05, 0) is 61.4 Å². The molecule has 0 aromatic heterocycles. The van der Waals surface area contributed by atoms with E-state index in [0.717, 1.165) is 38.5 Å². The van der Waals surface area contributed by atoms with Crippen LogP contribution in [0, 0.1) is 0 Å². The summed E-state index contributed by atoms with van der Waals surface area (Å²) in [5.41, 5.74) is 25.2. The number of nitrogens with two attached hydrogens (primary N) is 4. The van der Waals surface area contributed by atoms with E-state index in [2.05, 4.69) is 13.8 Å². The van der Waals surface area contributed by atoms with Crippen molar-refractivity contribution >= 4 is 46.3 Å². The van der Waals surface area contributed by atoms with Gasteiger partial charge in [0, 0.05) is 23.5 Å².